The molecular formula is C13H17NO5S. The number of sulfone groups is 1. The second-order valence-corrected chi connectivity index (χ2v) is 6.07. The summed E-state index contributed by atoms with van der Waals surface area (Å²) >= 11 is 0. The molecule has 1 aromatic rings. The molecule has 0 aliphatic heterocycles. The summed E-state index contributed by atoms with van der Waals surface area (Å²) in [6.07, 6.45) is 1.24. The number of methoxy groups -OCH3 is 2. The number of hydrogen-bond acceptors (Lipinski definition) is 5. The van der Waals surface area contributed by atoms with Gasteiger partial charge in [0.05, 0.1) is 25.7 Å². The molecule has 1 rings (SSSR count). The summed E-state index contributed by atoms with van der Waals surface area (Å²) < 4.78 is 33.2. The van der Waals surface area contributed by atoms with E-state index in [1.807, 2.05) is 0 Å². The van der Waals surface area contributed by atoms with Gasteiger partial charge in [0.1, 0.15) is 17.3 Å². The standard InChI is InChI=1S/C13H17NO5S/c1-4-7-20(16,17)9-13(15)14-11-8-10(18-2)5-6-12(11)19-3/h4-6,8H,1,7,9H2,2-3H3,(H,14,15). The van der Waals surface area contributed by atoms with E-state index in [0.29, 0.717) is 17.2 Å². The number of nitrogens with one attached hydrogen (secondary N) is 1. The number of hydrogen-bond donors (Lipinski definition) is 1. The molecule has 0 atom stereocenters. The number of carbonyl (C=O) groups excluding carboxylic acids is 1. The quantitative estimate of drug-likeness (QED) is 0.766. The SMILES string of the molecule is C=CCS(=O)(=O)CC(=O)Nc1cc(OC)ccc1OC. The molecule has 0 saturated heterocycles. The maximum absolute atomic E-state index is 11.7. The van der Waals surface area contributed by atoms with Crippen molar-refractivity contribution in [2.75, 3.05) is 31.0 Å². The molecule has 1 aromatic carbocycles. The first-order valence-corrected chi connectivity index (χ1v) is 7.57. The molecule has 1 N–H and O–H groups in total. The van der Waals surface area contributed by atoms with Crippen LogP contribution in [0.3, 0.4) is 0 Å². The Morgan fingerprint density at radius 1 is 1.35 bits per heavy atom. The summed E-state index contributed by atoms with van der Waals surface area (Å²) in [6.45, 7) is 3.34. The molecule has 0 aliphatic rings. The van der Waals surface area contributed by atoms with Gasteiger partial charge < -0.3 is 14.8 Å². The molecule has 1 amide bonds. The Balaban J connectivity index is 2.87. The number of carbonyl (C=O) groups is 1. The first kappa shape index (κ1) is 16.0. The molecule has 0 fully saturated rings. The van der Waals surface area contributed by atoms with Gasteiger partial charge in [0.25, 0.3) is 0 Å². The summed E-state index contributed by atoms with van der Waals surface area (Å²) in [4.78, 5) is 11.7. The predicted molar refractivity (Wildman–Crippen MR) is 77.0 cm³/mol. The molecular weight excluding hydrogens is 282 g/mol. The molecule has 0 unspecified atom stereocenters. The summed E-state index contributed by atoms with van der Waals surface area (Å²) in [5.74, 6) is -0.552. The maximum atomic E-state index is 11.7. The lowest BCUT2D eigenvalue weighted by Crippen LogP contribution is -2.24. The Bertz CT molecular complexity index is 595. The maximum Gasteiger partial charge on any atom is 0.239 e. The summed E-state index contributed by atoms with van der Waals surface area (Å²) in [5, 5.41) is 2.49. The van der Waals surface area contributed by atoms with Gasteiger partial charge in [0.2, 0.25) is 5.91 Å². The molecule has 0 bridgehead atoms. The predicted octanol–water partition coefficient (Wildman–Crippen LogP) is 1.24. The summed E-state index contributed by atoms with van der Waals surface area (Å²) in [5.41, 5.74) is 0.352. The van der Waals surface area contributed by atoms with Gasteiger partial charge >= 0.3 is 0 Å². The highest BCUT2D eigenvalue weighted by Gasteiger charge is 2.16. The third-order valence-corrected chi connectivity index (χ3v) is 3.85. The van der Waals surface area contributed by atoms with E-state index in [1.54, 1.807) is 18.2 Å². The van der Waals surface area contributed by atoms with Crippen molar-refractivity contribution in [2.24, 2.45) is 0 Å². The van der Waals surface area contributed by atoms with Gasteiger partial charge in [-0.3, -0.25) is 4.79 Å². The van der Waals surface area contributed by atoms with Gasteiger partial charge in [-0.05, 0) is 12.1 Å². The average molecular weight is 299 g/mol. The van der Waals surface area contributed by atoms with E-state index in [-0.39, 0.29) is 5.75 Å². The first-order chi connectivity index (χ1) is 9.41. The second-order valence-electron chi connectivity index (χ2n) is 3.96. The third-order valence-electron chi connectivity index (χ3n) is 2.40. The van der Waals surface area contributed by atoms with Crippen molar-refractivity contribution in [2.45, 2.75) is 0 Å². The Labute approximate surface area is 118 Å². The molecule has 0 aliphatic carbocycles. The zero-order chi connectivity index (χ0) is 15.2. The zero-order valence-corrected chi connectivity index (χ0v) is 12.2. The highest BCUT2D eigenvalue weighted by molar-refractivity contribution is 7.92. The monoisotopic (exact) mass is 299 g/mol. The largest absolute Gasteiger partial charge is 0.497 e. The molecule has 0 saturated carbocycles. The van der Waals surface area contributed by atoms with Crippen LogP contribution in [0.1, 0.15) is 0 Å². The number of amides is 1. The number of anilines is 1. The minimum atomic E-state index is -3.49. The number of ether oxygens (including phenoxy) is 2. The Kier molecular flexibility index (Phi) is 5.57. The van der Waals surface area contributed by atoms with E-state index < -0.39 is 21.5 Å². The van der Waals surface area contributed by atoms with Crippen LogP contribution in [-0.4, -0.2) is 40.1 Å². The Hall–Kier alpha value is -2.02. The van der Waals surface area contributed by atoms with E-state index in [9.17, 15) is 13.2 Å². The van der Waals surface area contributed by atoms with E-state index in [1.165, 1.54) is 20.3 Å². The van der Waals surface area contributed by atoms with E-state index in [4.69, 9.17) is 9.47 Å². The van der Waals surface area contributed by atoms with Gasteiger partial charge in [-0.15, -0.1) is 6.58 Å². The van der Waals surface area contributed by atoms with Gasteiger partial charge in [0, 0.05) is 6.07 Å². The lowest BCUT2D eigenvalue weighted by atomic mass is 10.2. The highest BCUT2D eigenvalue weighted by atomic mass is 32.2. The molecule has 6 nitrogen and oxygen atoms in total. The zero-order valence-electron chi connectivity index (χ0n) is 11.4. The van der Waals surface area contributed by atoms with Crippen molar-refractivity contribution in [3.05, 3.63) is 30.9 Å². The van der Waals surface area contributed by atoms with E-state index >= 15 is 0 Å². The van der Waals surface area contributed by atoms with Crippen LogP contribution in [0, 0.1) is 0 Å². The minimum Gasteiger partial charge on any atom is -0.497 e. The fourth-order valence-electron chi connectivity index (χ4n) is 1.54. The normalized spacial score (nSPS) is 10.7. The van der Waals surface area contributed by atoms with E-state index in [0.717, 1.165) is 0 Å². The highest BCUT2D eigenvalue weighted by Crippen LogP contribution is 2.28. The molecule has 0 radical (unpaired) electrons. The van der Waals surface area contributed by atoms with Crippen LogP contribution in [0.2, 0.25) is 0 Å². The lowest BCUT2D eigenvalue weighted by Gasteiger charge is -2.11. The third kappa shape index (κ3) is 4.58. The Morgan fingerprint density at radius 3 is 2.60 bits per heavy atom. The topological polar surface area (TPSA) is 81.7 Å². The number of rotatable bonds is 7. The van der Waals surface area contributed by atoms with Crippen LogP contribution in [0.25, 0.3) is 0 Å². The van der Waals surface area contributed by atoms with Crippen molar-refractivity contribution in [3.8, 4) is 11.5 Å². The summed E-state index contributed by atoms with van der Waals surface area (Å²) in [7, 11) is -0.550. The molecule has 110 valence electrons. The Morgan fingerprint density at radius 2 is 2.05 bits per heavy atom. The minimum absolute atomic E-state index is 0.240. The van der Waals surface area contributed by atoms with Gasteiger partial charge in [-0.1, -0.05) is 6.08 Å². The van der Waals surface area contributed by atoms with Gasteiger partial charge in [-0.25, -0.2) is 8.42 Å². The molecule has 7 heteroatoms. The first-order valence-electron chi connectivity index (χ1n) is 5.75. The molecule has 20 heavy (non-hydrogen) atoms. The van der Waals surface area contributed by atoms with Crippen molar-refractivity contribution in [1.29, 1.82) is 0 Å². The van der Waals surface area contributed by atoms with Crippen LogP contribution in [-0.2, 0) is 14.6 Å². The van der Waals surface area contributed by atoms with Crippen LogP contribution < -0.4 is 14.8 Å². The second kappa shape index (κ2) is 6.95. The average Bonchev–Trinajstić information content (AvgIpc) is 2.37. The number of benzene rings is 1. The van der Waals surface area contributed by atoms with Crippen LogP contribution in [0.4, 0.5) is 5.69 Å². The van der Waals surface area contributed by atoms with Crippen LogP contribution in [0.15, 0.2) is 30.9 Å². The van der Waals surface area contributed by atoms with Gasteiger partial charge in [0.15, 0.2) is 9.84 Å². The van der Waals surface area contributed by atoms with Crippen molar-refractivity contribution in [3.63, 3.8) is 0 Å². The smallest absolute Gasteiger partial charge is 0.239 e. The lowest BCUT2D eigenvalue weighted by molar-refractivity contribution is -0.113. The molecule has 0 heterocycles. The van der Waals surface area contributed by atoms with Crippen molar-refractivity contribution in [1.82, 2.24) is 0 Å². The van der Waals surface area contributed by atoms with Crippen LogP contribution in [0.5, 0.6) is 11.5 Å². The fourth-order valence-corrected chi connectivity index (χ4v) is 2.48. The van der Waals surface area contributed by atoms with E-state index in [2.05, 4.69) is 11.9 Å². The molecule has 0 spiro atoms. The van der Waals surface area contributed by atoms with Crippen molar-refractivity contribution >= 4 is 21.4 Å². The fraction of sp³-hybridized carbons (Fsp3) is 0.308. The van der Waals surface area contributed by atoms with Gasteiger partial charge in [-0.2, -0.15) is 0 Å². The summed E-state index contributed by atoms with van der Waals surface area (Å²) in [6, 6.07) is 4.84. The van der Waals surface area contributed by atoms with Crippen LogP contribution >= 0.6 is 0 Å². The molecule has 0 aromatic heterocycles. The van der Waals surface area contributed by atoms with Crippen molar-refractivity contribution < 1.29 is 22.7 Å².